The summed E-state index contributed by atoms with van der Waals surface area (Å²) in [7, 11) is 1.87. The number of aryl methyl sites for hydroxylation is 1. The zero-order chi connectivity index (χ0) is 14.5. The van der Waals surface area contributed by atoms with Crippen LogP contribution in [0.1, 0.15) is 11.3 Å². The zero-order valence-electron chi connectivity index (χ0n) is 11.6. The Morgan fingerprint density at radius 3 is 2.70 bits per heavy atom. The number of hydrogen-bond donors (Lipinski definition) is 2. The van der Waals surface area contributed by atoms with E-state index in [1.54, 1.807) is 35.1 Å². The van der Waals surface area contributed by atoms with Crippen LogP contribution in [0.2, 0.25) is 0 Å². The van der Waals surface area contributed by atoms with Crippen molar-refractivity contribution in [2.45, 2.75) is 13.5 Å². The summed E-state index contributed by atoms with van der Waals surface area (Å²) < 4.78 is 7.13. The largest absolute Gasteiger partial charge is 0.484 e. The summed E-state index contributed by atoms with van der Waals surface area (Å²) in [4.78, 5) is 11.7. The van der Waals surface area contributed by atoms with Gasteiger partial charge in [-0.2, -0.15) is 5.10 Å². The highest BCUT2D eigenvalue weighted by atomic mass is 16.5. The average Bonchev–Trinajstić information content (AvgIpc) is 2.76. The maximum absolute atomic E-state index is 11.7. The predicted molar refractivity (Wildman–Crippen MR) is 76.1 cm³/mol. The molecule has 0 aliphatic carbocycles. The molecule has 0 saturated carbocycles. The Labute approximate surface area is 117 Å². The lowest BCUT2D eigenvalue weighted by atomic mass is 10.2. The summed E-state index contributed by atoms with van der Waals surface area (Å²) in [6.07, 6.45) is 1.75. The van der Waals surface area contributed by atoms with Gasteiger partial charge in [0.1, 0.15) is 5.75 Å². The van der Waals surface area contributed by atoms with Gasteiger partial charge in [-0.05, 0) is 31.2 Å². The molecule has 6 nitrogen and oxygen atoms in total. The Hall–Kier alpha value is -2.50. The van der Waals surface area contributed by atoms with Crippen molar-refractivity contribution in [3.05, 3.63) is 41.7 Å². The van der Waals surface area contributed by atoms with E-state index in [9.17, 15) is 4.79 Å². The molecule has 0 radical (unpaired) electrons. The van der Waals surface area contributed by atoms with Gasteiger partial charge in [0.25, 0.3) is 5.91 Å². The van der Waals surface area contributed by atoms with E-state index in [2.05, 4.69) is 10.4 Å². The molecule has 0 aliphatic rings. The van der Waals surface area contributed by atoms with Crippen LogP contribution in [0.25, 0.3) is 0 Å². The molecule has 1 amide bonds. The Balaban J connectivity index is 1.78. The molecule has 1 aromatic heterocycles. The van der Waals surface area contributed by atoms with Gasteiger partial charge in [0.15, 0.2) is 6.61 Å². The highest BCUT2D eigenvalue weighted by Crippen LogP contribution is 2.12. The Kier molecular flexibility index (Phi) is 4.24. The molecule has 106 valence electrons. The summed E-state index contributed by atoms with van der Waals surface area (Å²) >= 11 is 0. The number of aromatic nitrogens is 2. The van der Waals surface area contributed by atoms with Gasteiger partial charge in [-0.25, -0.2) is 0 Å². The standard InChI is InChI=1S/C14H18N4O2/c1-10-11(8-17-18(10)2)7-16-14(19)9-20-13-5-3-12(15)4-6-13/h3-6,8H,7,9,15H2,1-2H3,(H,16,19). The van der Waals surface area contributed by atoms with Crippen LogP contribution in [-0.4, -0.2) is 22.3 Å². The fourth-order valence-corrected chi connectivity index (χ4v) is 1.68. The Morgan fingerprint density at radius 2 is 2.10 bits per heavy atom. The van der Waals surface area contributed by atoms with Gasteiger partial charge >= 0.3 is 0 Å². The van der Waals surface area contributed by atoms with E-state index >= 15 is 0 Å². The maximum Gasteiger partial charge on any atom is 0.258 e. The number of anilines is 1. The molecule has 0 bridgehead atoms. The summed E-state index contributed by atoms with van der Waals surface area (Å²) in [6.45, 7) is 2.38. The van der Waals surface area contributed by atoms with Crippen molar-refractivity contribution in [1.29, 1.82) is 0 Å². The number of benzene rings is 1. The molecule has 0 atom stereocenters. The number of nitrogen functional groups attached to an aromatic ring is 1. The predicted octanol–water partition coefficient (Wildman–Crippen LogP) is 1.01. The minimum absolute atomic E-state index is 0.0246. The van der Waals surface area contributed by atoms with E-state index in [1.807, 2.05) is 14.0 Å². The number of carbonyl (C=O) groups excluding carboxylic acids is 1. The molecule has 3 N–H and O–H groups in total. The zero-order valence-corrected chi connectivity index (χ0v) is 11.6. The van der Waals surface area contributed by atoms with Gasteiger partial charge in [-0.1, -0.05) is 0 Å². The minimum atomic E-state index is -0.176. The lowest BCUT2D eigenvalue weighted by molar-refractivity contribution is -0.123. The van der Waals surface area contributed by atoms with E-state index in [4.69, 9.17) is 10.5 Å². The van der Waals surface area contributed by atoms with Gasteiger partial charge in [0.05, 0.1) is 6.20 Å². The number of carbonyl (C=O) groups is 1. The number of nitrogens with two attached hydrogens (primary N) is 1. The molecule has 0 aliphatic heterocycles. The average molecular weight is 274 g/mol. The van der Waals surface area contributed by atoms with Crippen LogP contribution in [0.15, 0.2) is 30.5 Å². The highest BCUT2D eigenvalue weighted by molar-refractivity contribution is 5.77. The fourth-order valence-electron chi connectivity index (χ4n) is 1.68. The summed E-state index contributed by atoms with van der Waals surface area (Å²) in [5.41, 5.74) is 8.26. The second-order valence-electron chi connectivity index (χ2n) is 4.51. The lowest BCUT2D eigenvalue weighted by Crippen LogP contribution is -2.28. The molecular weight excluding hydrogens is 256 g/mol. The maximum atomic E-state index is 11.7. The van der Waals surface area contributed by atoms with Crippen LogP contribution in [0.3, 0.4) is 0 Å². The number of hydrogen-bond acceptors (Lipinski definition) is 4. The van der Waals surface area contributed by atoms with Crippen molar-refractivity contribution in [3.8, 4) is 5.75 Å². The van der Waals surface area contributed by atoms with Crippen LogP contribution in [0.4, 0.5) is 5.69 Å². The van der Waals surface area contributed by atoms with Gasteiger partial charge in [0, 0.05) is 30.5 Å². The van der Waals surface area contributed by atoms with Crippen LogP contribution in [0, 0.1) is 6.92 Å². The second kappa shape index (κ2) is 6.10. The number of rotatable bonds is 5. The van der Waals surface area contributed by atoms with Crippen molar-refractivity contribution in [3.63, 3.8) is 0 Å². The van der Waals surface area contributed by atoms with Crippen molar-refractivity contribution in [2.75, 3.05) is 12.3 Å². The van der Waals surface area contributed by atoms with Crippen molar-refractivity contribution >= 4 is 11.6 Å². The molecule has 0 saturated heterocycles. The molecule has 2 rings (SSSR count). The van der Waals surface area contributed by atoms with Crippen molar-refractivity contribution < 1.29 is 9.53 Å². The molecule has 1 heterocycles. The first-order valence-electron chi connectivity index (χ1n) is 6.29. The summed E-state index contributed by atoms with van der Waals surface area (Å²) in [6, 6.07) is 6.92. The molecule has 20 heavy (non-hydrogen) atoms. The number of ether oxygens (including phenoxy) is 1. The molecule has 6 heteroatoms. The third-order valence-corrected chi connectivity index (χ3v) is 3.06. The second-order valence-corrected chi connectivity index (χ2v) is 4.51. The van der Waals surface area contributed by atoms with E-state index in [-0.39, 0.29) is 12.5 Å². The first-order valence-corrected chi connectivity index (χ1v) is 6.29. The van der Waals surface area contributed by atoms with E-state index in [1.165, 1.54) is 0 Å². The molecular formula is C14H18N4O2. The van der Waals surface area contributed by atoms with Crippen LogP contribution < -0.4 is 15.8 Å². The Bertz CT molecular complexity index is 590. The van der Waals surface area contributed by atoms with Crippen molar-refractivity contribution in [2.24, 2.45) is 7.05 Å². The van der Waals surface area contributed by atoms with Crippen LogP contribution in [0.5, 0.6) is 5.75 Å². The fraction of sp³-hybridized carbons (Fsp3) is 0.286. The topological polar surface area (TPSA) is 82.2 Å². The molecule has 1 aromatic carbocycles. The Morgan fingerprint density at radius 1 is 1.40 bits per heavy atom. The summed E-state index contributed by atoms with van der Waals surface area (Å²) in [5, 5.41) is 6.91. The van der Waals surface area contributed by atoms with Gasteiger partial charge < -0.3 is 15.8 Å². The number of nitrogens with zero attached hydrogens (tertiary/aromatic N) is 2. The van der Waals surface area contributed by atoms with E-state index in [0.29, 0.717) is 18.0 Å². The monoisotopic (exact) mass is 274 g/mol. The third-order valence-electron chi connectivity index (χ3n) is 3.06. The minimum Gasteiger partial charge on any atom is -0.484 e. The quantitative estimate of drug-likeness (QED) is 0.797. The molecule has 2 aromatic rings. The molecule has 0 unspecified atom stereocenters. The lowest BCUT2D eigenvalue weighted by Gasteiger charge is -2.07. The smallest absolute Gasteiger partial charge is 0.258 e. The highest BCUT2D eigenvalue weighted by Gasteiger charge is 2.06. The third kappa shape index (κ3) is 3.50. The SMILES string of the molecule is Cc1c(CNC(=O)COc2ccc(N)cc2)cnn1C. The van der Waals surface area contributed by atoms with E-state index < -0.39 is 0 Å². The van der Waals surface area contributed by atoms with Crippen LogP contribution in [-0.2, 0) is 18.4 Å². The van der Waals surface area contributed by atoms with Gasteiger partial charge in [-0.15, -0.1) is 0 Å². The molecule has 0 fully saturated rings. The van der Waals surface area contributed by atoms with Crippen LogP contribution >= 0.6 is 0 Å². The van der Waals surface area contributed by atoms with Gasteiger partial charge in [-0.3, -0.25) is 9.48 Å². The van der Waals surface area contributed by atoms with E-state index in [0.717, 1.165) is 11.3 Å². The van der Waals surface area contributed by atoms with Gasteiger partial charge in [0.2, 0.25) is 0 Å². The summed E-state index contributed by atoms with van der Waals surface area (Å²) in [5.74, 6) is 0.442. The van der Waals surface area contributed by atoms with Crippen molar-refractivity contribution in [1.82, 2.24) is 15.1 Å². The first-order chi connectivity index (χ1) is 9.56. The normalized spacial score (nSPS) is 10.3. The number of nitrogens with one attached hydrogen (secondary N) is 1. The number of amides is 1. The molecule has 0 spiro atoms. The first kappa shape index (κ1) is 13.9.